The fourth-order valence-electron chi connectivity index (χ4n) is 2.51. The first-order valence-electron chi connectivity index (χ1n) is 6.72. The average Bonchev–Trinajstić information content (AvgIpc) is 2.47. The van der Waals surface area contributed by atoms with E-state index in [2.05, 4.69) is 64.5 Å². The minimum atomic E-state index is 0.00624. The van der Waals surface area contributed by atoms with Crippen LogP contribution in [0.2, 0.25) is 0 Å². The molecule has 0 aliphatic heterocycles. The molecule has 2 heteroatoms. The van der Waals surface area contributed by atoms with Crippen molar-refractivity contribution in [2.24, 2.45) is 5.73 Å². The van der Waals surface area contributed by atoms with Crippen LogP contribution in [0.3, 0.4) is 0 Å². The topological polar surface area (TPSA) is 26.0 Å². The van der Waals surface area contributed by atoms with Crippen molar-refractivity contribution in [1.82, 2.24) is 0 Å². The summed E-state index contributed by atoms with van der Waals surface area (Å²) in [5.41, 5.74) is 8.77. The molecule has 0 saturated carbocycles. The van der Waals surface area contributed by atoms with E-state index in [0.29, 0.717) is 0 Å². The third-order valence-electron chi connectivity index (χ3n) is 3.57. The van der Waals surface area contributed by atoms with E-state index < -0.39 is 0 Å². The van der Waals surface area contributed by atoms with Crippen molar-refractivity contribution in [3.05, 3.63) is 82.3 Å². The van der Waals surface area contributed by atoms with E-state index in [0.717, 1.165) is 16.5 Å². The Balaban J connectivity index is 1.87. The number of hydrogen-bond donors (Lipinski definition) is 1. The zero-order chi connectivity index (χ0) is 13.9. The van der Waals surface area contributed by atoms with Crippen LogP contribution < -0.4 is 5.73 Å². The van der Waals surface area contributed by atoms with E-state index in [1.54, 1.807) is 0 Å². The summed E-state index contributed by atoms with van der Waals surface area (Å²) in [5.74, 6) is 0. The molecule has 0 aromatic heterocycles. The van der Waals surface area contributed by atoms with Gasteiger partial charge in [0, 0.05) is 10.5 Å². The fourth-order valence-corrected chi connectivity index (χ4v) is 3.08. The van der Waals surface area contributed by atoms with Gasteiger partial charge in [-0.1, -0.05) is 76.6 Å². The number of nitrogens with two attached hydrogens (primary N) is 1. The smallest absolute Gasteiger partial charge is 0.0347 e. The molecule has 3 aromatic carbocycles. The largest absolute Gasteiger partial charge is 0.324 e. The molecule has 2 N–H and O–H groups in total. The van der Waals surface area contributed by atoms with E-state index in [9.17, 15) is 0 Å². The fraction of sp³-hybridized carbons (Fsp3) is 0.111. The molecule has 0 saturated heterocycles. The Morgan fingerprint density at radius 1 is 0.850 bits per heavy atom. The van der Waals surface area contributed by atoms with Crippen LogP contribution in [-0.4, -0.2) is 0 Å². The van der Waals surface area contributed by atoms with Crippen molar-refractivity contribution < 1.29 is 0 Å². The molecule has 1 atom stereocenters. The summed E-state index contributed by atoms with van der Waals surface area (Å²) in [7, 11) is 0. The number of benzene rings is 3. The average molecular weight is 326 g/mol. The summed E-state index contributed by atoms with van der Waals surface area (Å²) >= 11 is 3.57. The molecule has 100 valence electrons. The van der Waals surface area contributed by atoms with Gasteiger partial charge < -0.3 is 5.73 Å². The molecule has 3 aromatic rings. The SMILES string of the molecule is NC(Cc1ccc2ccccc2c1)c1ccccc1Br. The maximum atomic E-state index is 6.34. The lowest BCUT2D eigenvalue weighted by molar-refractivity contribution is 0.719. The molecule has 0 aliphatic rings. The van der Waals surface area contributed by atoms with Gasteiger partial charge in [-0.05, 0) is 34.4 Å². The lowest BCUT2D eigenvalue weighted by Crippen LogP contribution is -2.13. The van der Waals surface area contributed by atoms with Crippen LogP contribution in [0, 0.1) is 0 Å². The first-order chi connectivity index (χ1) is 9.74. The Hall–Kier alpha value is -1.64. The highest BCUT2D eigenvalue weighted by Gasteiger charge is 2.10. The number of halogens is 1. The Morgan fingerprint density at radius 3 is 2.35 bits per heavy atom. The van der Waals surface area contributed by atoms with Crippen LogP contribution in [0.4, 0.5) is 0 Å². The van der Waals surface area contributed by atoms with Gasteiger partial charge in [0.25, 0.3) is 0 Å². The zero-order valence-electron chi connectivity index (χ0n) is 11.1. The van der Waals surface area contributed by atoms with Crippen LogP contribution in [-0.2, 0) is 6.42 Å². The van der Waals surface area contributed by atoms with E-state index in [4.69, 9.17) is 5.73 Å². The van der Waals surface area contributed by atoms with Gasteiger partial charge in [0.05, 0.1) is 0 Å². The third-order valence-corrected chi connectivity index (χ3v) is 4.30. The third kappa shape index (κ3) is 2.77. The second kappa shape index (κ2) is 5.78. The van der Waals surface area contributed by atoms with E-state index in [1.807, 2.05) is 18.2 Å². The van der Waals surface area contributed by atoms with Gasteiger partial charge >= 0.3 is 0 Å². The minimum absolute atomic E-state index is 0.00624. The Morgan fingerprint density at radius 2 is 1.55 bits per heavy atom. The molecule has 1 unspecified atom stereocenters. The maximum absolute atomic E-state index is 6.34. The van der Waals surface area contributed by atoms with Gasteiger partial charge in [-0.25, -0.2) is 0 Å². The van der Waals surface area contributed by atoms with Crippen LogP contribution in [0.1, 0.15) is 17.2 Å². The van der Waals surface area contributed by atoms with Gasteiger partial charge in [0.1, 0.15) is 0 Å². The second-order valence-electron chi connectivity index (χ2n) is 5.01. The highest BCUT2D eigenvalue weighted by molar-refractivity contribution is 9.10. The van der Waals surface area contributed by atoms with Crippen molar-refractivity contribution in [3.63, 3.8) is 0 Å². The monoisotopic (exact) mass is 325 g/mol. The summed E-state index contributed by atoms with van der Waals surface area (Å²) in [6.07, 6.45) is 0.841. The predicted molar refractivity (Wildman–Crippen MR) is 88.7 cm³/mol. The summed E-state index contributed by atoms with van der Waals surface area (Å²) in [6, 6.07) is 23.1. The van der Waals surface area contributed by atoms with Crippen molar-refractivity contribution in [2.75, 3.05) is 0 Å². The van der Waals surface area contributed by atoms with E-state index in [1.165, 1.54) is 16.3 Å². The molecule has 0 spiro atoms. The van der Waals surface area contributed by atoms with Gasteiger partial charge in [0.2, 0.25) is 0 Å². The van der Waals surface area contributed by atoms with Crippen LogP contribution >= 0.6 is 15.9 Å². The Kier molecular flexibility index (Phi) is 3.86. The molecule has 0 amide bonds. The lowest BCUT2D eigenvalue weighted by Gasteiger charge is -2.14. The van der Waals surface area contributed by atoms with Gasteiger partial charge in [0.15, 0.2) is 0 Å². The van der Waals surface area contributed by atoms with Gasteiger partial charge in [-0.15, -0.1) is 0 Å². The molecule has 0 bridgehead atoms. The highest BCUT2D eigenvalue weighted by atomic mass is 79.9. The normalized spacial score (nSPS) is 12.5. The summed E-state index contributed by atoms with van der Waals surface area (Å²) in [5, 5.41) is 2.54. The van der Waals surface area contributed by atoms with Crippen molar-refractivity contribution in [2.45, 2.75) is 12.5 Å². The number of hydrogen-bond acceptors (Lipinski definition) is 1. The predicted octanol–water partition coefficient (Wildman–Crippen LogP) is 4.84. The van der Waals surface area contributed by atoms with Crippen molar-refractivity contribution in [3.8, 4) is 0 Å². The van der Waals surface area contributed by atoms with Gasteiger partial charge in [-0.3, -0.25) is 0 Å². The molecule has 0 fully saturated rings. The van der Waals surface area contributed by atoms with E-state index >= 15 is 0 Å². The summed E-state index contributed by atoms with van der Waals surface area (Å²) in [6.45, 7) is 0. The van der Waals surface area contributed by atoms with E-state index in [-0.39, 0.29) is 6.04 Å². The van der Waals surface area contributed by atoms with Crippen LogP contribution in [0.5, 0.6) is 0 Å². The summed E-state index contributed by atoms with van der Waals surface area (Å²) < 4.78 is 1.08. The number of rotatable bonds is 3. The molecular weight excluding hydrogens is 310 g/mol. The molecule has 20 heavy (non-hydrogen) atoms. The van der Waals surface area contributed by atoms with Crippen LogP contribution in [0.25, 0.3) is 10.8 Å². The minimum Gasteiger partial charge on any atom is -0.324 e. The molecule has 0 radical (unpaired) electrons. The standard InChI is InChI=1S/C18H16BrN/c19-17-8-4-3-7-16(17)18(20)12-13-9-10-14-5-1-2-6-15(14)11-13/h1-11,18H,12,20H2. The van der Waals surface area contributed by atoms with Gasteiger partial charge in [-0.2, -0.15) is 0 Å². The Bertz CT molecular complexity index is 736. The first-order valence-corrected chi connectivity index (χ1v) is 7.51. The summed E-state index contributed by atoms with van der Waals surface area (Å²) in [4.78, 5) is 0. The second-order valence-corrected chi connectivity index (χ2v) is 5.87. The molecular formula is C18H16BrN. The maximum Gasteiger partial charge on any atom is 0.0347 e. The first kappa shape index (κ1) is 13.3. The molecule has 3 rings (SSSR count). The quantitative estimate of drug-likeness (QED) is 0.732. The van der Waals surface area contributed by atoms with Crippen LogP contribution in [0.15, 0.2) is 71.2 Å². The number of fused-ring (bicyclic) bond motifs is 1. The highest BCUT2D eigenvalue weighted by Crippen LogP contribution is 2.25. The molecule has 0 heterocycles. The molecule has 1 nitrogen and oxygen atoms in total. The lowest BCUT2D eigenvalue weighted by atomic mass is 9.98. The van der Waals surface area contributed by atoms with Crippen molar-refractivity contribution in [1.29, 1.82) is 0 Å². The zero-order valence-corrected chi connectivity index (χ0v) is 12.7. The van der Waals surface area contributed by atoms with Crippen molar-refractivity contribution >= 4 is 26.7 Å². The molecule has 0 aliphatic carbocycles. The Labute approximate surface area is 127 Å².